The number of hydrogen-bond acceptors (Lipinski definition) is 5. The van der Waals surface area contributed by atoms with Gasteiger partial charge in [-0.05, 0) is 12.1 Å². The lowest BCUT2D eigenvalue weighted by atomic mass is 10.4. The molecule has 2 aromatic heterocycles. The van der Waals surface area contributed by atoms with Crippen molar-refractivity contribution in [3.05, 3.63) is 40.1 Å². The quantitative estimate of drug-likeness (QED) is 0.813. The van der Waals surface area contributed by atoms with Crippen molar-refractivity contribution >= 4 is 23.2 Å². The molecular weight excluding hydrogens is 254 g/mol. The lowest BCUT2D eigenvalue weighted by Crippen LogP contribution is -2.23. The molecule has 2 rings (SSSR count). The number of nitrogens with one attached hydrogen (secondary N) is 2. The minimum atomic E-state index is -0.479. The molecule has 2 aromatic rings. The second-order valence-electron chi connectivity index (χ2n) is 3.38. The molecule has 18 heavy (non-hydrogen) atoms. The van der Waals surface area contributed by atoms with Gasteiger partial charge >= 0.3 is 5.97 Å². The molecule has 0 saturated carbocycles. The molecule has 0 saturated heterocycles. The first-order valence-electron chi connectivity index (χ1n) is 5.15. The maximum Gasteiger partial charge on any atom is 0.357 e. The number of hydrogen-bond donors (Lipinski definition) is 2. The zero-order chi connectivity index (χ0) is 13.0. The van der Waals surface area contributed by atoms with E-state index in [0.717, 1.165) is 0 Å². The van der Waals surface area contributed by atoms with E-state index < -0.39 is 5.97 Å². The summed E-state index contributed by atoms with van der Waals surface area (Å²) in [6, 6.07) is 3.42. The summed E-state index contributed by atoms with van der Waals surface area (Å²) in [6.45, 7) is 0.277. The van der Waals surface area contributed by atoms with E-state index in [1.807, 2.05) is 0 Å². The third-order valence-electron chi connectivity index (χ3n) is 2.19. The topological polar surface area (TPSA) is 84.1 Å². The van der Waals surface area contributed by atoms with Crippen LogP contribution in [0.25, 0.3) is 0 Å². The van der Waals surface area contributed by atoms with E-state index in [-0.39, 0.29) is 18.1 Å². The smallest absolute Gasteiger partial charge is 0.357 e. The number of aromatic nitrogens is 2. The Morgan fingerprint density at radius 1 is 1.56 bits per heavy atom. The Bertz CT molecular complexity index is 548. The number of nitrogens with zero attached hydrogens (tertiary/aromatic N) is 1. The highest BCUT2D eigenvalue weighted by Crippen LogP contribution is 2.10. The Morgan fingerprint density at radius 3 is 3.06 bits per heavy atom. The van der Waals surface area contributed by atoms with Gasteiger partial charge in [0, 0.05) is 11.6 Å². The average molecular weight is 265 g/mol. The van der Waals surface area contributed by atoms with Gasteiger partial charge in [-0.3, -0.25) is 4.79 Å². The molecule has 0 aliphatic heterocycles. The molecule has 0 unspecified atom stereocenters. The SMILES string of the molecule is COC(=O)c1csc(CNC(=O)c2ccc[nH]2)n1. The van der Waals surface area contributed by atoms with E-state index in [9.17, 15) is 9.59 Å². The van der Waals surface area contributed by atoms with E-state index in [4.69, 9.17) is 0 Å². The van der Waals surface area contributed by atoms with Crippen LogP contribution in [0.5, 0.6) is 0 Å². The number of carbonyl (C=O) groups is 2. The fourth-order valence-electron chi connectivity index (χ4n) is 1.31. The number of H-pyrrole nitrogens is 1. The highest BCUT2D eigenvalue weighted by atomic mass is 32.1. The fraction of sp³-hybridized carbons (Fsp3) is 0.182. The summed E-state index contributed by atoms with van der Waals surface area (Å²) >= 11 is 1.30. The predicted molar refractivity (Wildman–Crippen MR) is 65.4 cm³/mol. The minimum absolute atomic E-state index is 0.213. The van der Waals surface area contributed by atoms with Crippen molar-refractivity contribution in [2.75, 3.05) is 7.11 Å². The Labute approximate surface area is 107 Å². The Balaban J connectivity index is 1.93. The number of esters is 1. The van der Waals surface area contributed by atoms with E-state index in [0.29, 0.717) is 10.7 Å². The van der Waals surface area contributed by atoms with Gasteiger partial charge in [0.25, 0.3) is 5.91 Å². The number of aromatic amines is 1. The second kappa shape index (κ2) is 5.46. The molecule has 0 aromatic carbocycles. The molecule has 6 nitrogen and oxygen atoms in total. The van der Waals surface area contributed by atoms with Gasteiger partial charge in [0.15, 0.2) is 5.69 Å². The van der Waals surface area contributed by atoms with Crippen molar-refractivity contribution in [1.82, 2.24) is 15.3 Å². The molecule has 7 heteroatoms. The lowest BCUT2D eigenvalue weighted by Gasteiger charge is -2.00. The number of thiazole rings is 1. The molecule has 94 valence electrons. The van der Waals surface area contributed by atoms with Crippen molar-refractivity contribution in [2.45, 2.75) is 6.54 Å². The summed E-state index contributed by atoms with van der Waals surface area (Å²) in [4.78, 5) is 29.7. The summed E-state index contributed by atoms with van der Waals surface area (Å²) in [7, 11) is 1.30. The molecule has 0 atom stereocenters. The minimum Gasteiger partial charge on any atom is -0.464 e. The molecule has 0 aliphatic carbocycles. The molecule has 0 aliphatic rings. The Hall–Kier alpha value is -2.15. The van der Waals surface area contributed by atoms with Crippen LogP contribution in [-0.2, 0) is 11.3 Å². The van der Waals surface area contributed by atoms with Gasteiger partial charge in [0.1, 0.15) is 10.7 Å². The fourth-order valence-corrected chi connectivity index (χ4v) is 2.02. The van der Waals surface area contributed by atoms with Gasteiger partial charge in [-0.25, -0.2) is 9.78 Å². The lowest BCUT2D eigenvalue weighted by molar-refractivity contribution is 0.0594. The summed E-state index contributed by atoms with van der Waals surface area (Å²) in [5.41, 5.74) is 0.742. The third-order valence-corrected chi connectivity index (χ3v) is 3.04. The number of ether oxygens (including phenoxy) is 1. The average Bonchev–Trinajstić information content (AvgIpc) is 3.05. The molecule has 1 amide bonds. The number of amides is 1. The van der Waals surface area contributed by atoms with Gasteiger partial charge in [0.2, 0.25) is 0 Å². The van der Waals surface area contributed by atoms with Crippen molar-refractivity contribution in [2.24, 2.45) is 0 Å². The molecule has 0 bridgehead atoms. The highest BCUT2D eigenvalue weighted by Gasteiger charge is 2.11. The first-order chi connectivity index (χ1) is 8.70. The van der Waals surface area contributed by atoms with Crippen LogP contribution >= 0.6 is 11.3 Å². The standard InChI is InChI=1S/C11H11N3O3S/c1-17-11(16)8-6-18-9(14-8)5-13-10(15)7-3-2-4-12-7/h2-4,6,12H,5H2,1H3,(H,13,15). The monoisotopic (exact) mass is 265 g/mol. The van der Waals surface area contributed by atoms with Crippen LogP contribution in [-0.4, -0.2) is 29.0 Å². The largest absolute Gasteiger partial charge is 0.464 e. The molecular formula is C11H11N3O3S. The van der Waals surface area contributed by atoms with Crippen molar-refractivity contribution in [1.29, 1.82) is 0 Å². The first kappa shape index (κ1) is 12.3. The second-order valence-corrected chi connectivity index (χ2v) is 4.33. The molecule has 2 N–H and O–H groups in total. The maximum absolute atomic E-state index is 11.6. The van der Waals surface area contributed by atoms with Crippen LogP contribution in [0.4, 0.5) is 0 Å². The van der Waals surface area contributed by atoms with Gasteiger partial charge in [-0.1, -0.05) is 0 Å². The maximum atomic E-state index is 11.6. The van der Waals surface area contributed by atoms with Gasteiger partial charge in [-0.15, -0.1) is 11.3 Å². The first-order valence-corrected chi connectivity index (χ1v) is 6.03. The van der Waals surface area contributed by atoms with Crippen LogP contribution in [0.15, 0.2) is 23.7 Å². The predicted octanol–water partition coefficient (Wildman–Crippen LogP) is 1.19. The molecule has 0 fully saturated rings. The van der Waals surface area contributed by atoms with E-state index in [1.54, 1.807) is 23.7 Å². The van der Waals surface area contributed by atoms with Gasteiger partial charge < -0.3 is 15.0 Å². The van der Waals surface area contributed by atoms with Crippen molar-refractivity contribution < 1.29 is 14.3 Å². The summed E-state index contributed by atoms with van der Waals surface area (Å²) in [6.07, 6.45) is 1.67. The number of methoxy groups -OCH3 is 1. The Morgan fingerprint density at radius 2 is 2.39 bits per heavy atom. The number of carbonyl (C=O) groups excluding carboxylic acids is 2. The molecule has 2 heterocycles. The van der Waals surface area contributed by atoms with Crippen LogP contribution in [0, 0.1) is 0 Å². The molecule has 0 radical (unpaired) electrons. The highest BCUT2D eigenvalue weighted by molar-refractivity contribution is 7.09. The van der Waals surface area contributed by atoms with Crippen LogP contribution in [0.1, 0.15) is 26.0 Å². The Kier molecular flexibility index (Phi) is 3.73. The number of rotatable bonds is 4. The third kappa shape index (κ3) is 2.75. The van der Waals surface area contributed by atoms with E-state index in [2.05, 4.69) is 20.0 Å². The van der Waals surface area contributed by atoms with Crippen LogP contribution < -0.4 is 5.32 Å². The van der Waals surface area contributed by atoms with E-state index in [1.165, 1.54) is 18.4 Å². The zero-order valence-electron chi connectivity index (χ0n) is 9.60. The van der Waals surface area contributed by atoms with E-state index >= 15 is 0 Å². The summed E-state index contributed by atoms with van der Waals surface area (Å²) in [5, 5.41) is 4.94. The zero-order valence-corrected chi connectivity index (χ0v) is 10.4. The van der Waals surface area contributed by atoms with Crippen molar-refractivity contribution in [3.63, 3.8) is 0 Å². The van der Waals surface area contributed by atoms with Crippen LogP contribution in [0.2, 0.25) is 0 Å². The van der Waals surface area contributed by atoms with Gasteiger partial charge in [0.05, 0.1) is 13.7 Å². The molecule has 0 spiro atoms. The normalized spacial score (nSPS) is 10.1. The van der Waals surface area contributed by atoms with Crippen molar-refractivity contribution in [3.8, 4) is 0 Å². The summed E-state index contributed by atoms with van der Waals surface area (Å²) in [5.74, 6) is -0.692. The van der Waals surface area contributed by atoms with Crippen LogP contribution in [0.3, 0.4) is 0 Å². The summed E-state index contributed by atoms with van der Waals surface area (Å²) < 4.78 is 4.55. The van der Waals surface area contributed by atoms with Gasteiger partial charge in [-0.2, -0.15) is 0 Å².